The van der Waals surface area contributed by atoms with Crippen LogP contribution in [0.3, 0.4) is 0 Å². The van der Waals surface area contributed by atoms with Crippen molar-refractivity contribution in [2.45, 2.75) is 46.0 Å². The molecule has 6 nitrogen and oxygen atoms in total. The molecule has 3 aliphatic rings. The zero-order chi connectivity index (χ0) is 19.8. The van der Waals surface area contributed by atoms with Crippen LogP contribution in [0.15, 0.2) is 18.2 Å². The Morgan fingerprint density at radius 2 is 1.89 bits per heavy atom. The van der Waals surface area contributed by atoms with E-state index in [1.165, 1.54) is 0 Å². The predicted octanol–water partition coefficient (Wildman–Crippen LogP) is 2.60. The fourth-order valence-corrected chi connectivity index (χ4v) is 4.62. The van der Waals surface area contributed by atoms with Crippen LogP contribution in [-0.4, -0.2) is 48.8 Å². The number of amides is 3. The largest absolute Gasteiger partial charge is 0.342 e. The molecule has 1 aromatic rings. The Kier molecular flexibility index (Phi) is 5.13. The molecule has 0 aliphatic carbocycles. The first-order chi connectivity index (χ1) is 13.5. The normalized spacial score (nSPS) is 22.7. The van der Waals surface area contributed by atoms with Gasteiger partial charge in [0, 0.05) is 50.4 Å². The maximum atomic E-state index is 12.9. The SMILES string of the molecule is CCC(=O)N1CCc2cc(N3C[C@H](C(=O)N4CCC(C)CC4)CC3=O)ccc21. The van der Waals surface area contributed by atoms with E-state index in [0.29, 0.717) is 31.8 Å². The first kappa shape index (κ1) is 19.0. The van der Waals surface area contributed by atoms with E-state index in [1.54, 1.807) is 4.90 Å². The standard InChI is InChI=1S/C22H29N3O3/c1-3-20(26)24-11-8-16-12-18(4-5-19(16)24)25-14-17(13-21(25)27)22(28)23-9-6-15(2)7-10-23/h4-5,12,15,17H,3,6-11,13-14H2,1-2H3/t17-/m1/s1. The number of anilines is 2. The van der Waals surface area contributed by atoms with Crippen molar-refractivity contribution in [1.82, 2.24) is 4.90 Å². The molecule has 0 N–H and O–H groups in total. The molecule has 2 fully saturated rings. The summed E-state index contributed by atoms with van der Waals surface area (Å²) < 4.78 is 0. The van der Waals surface area contributed by atoms with Gasteiger partial charge in [-0.3, -0.25) is 14.4 Å². The third-order valence-corrected chi connectivity index (χ3v) is 6.44. The summed E-state index contributed by atoms with van der Waals surface area (Å²) in [7, 11) is 0. The van der Waals surface area contributed by atoms with Gasteiger partial charge in [-0.15, -0.1) is 0 Å². The number of fused-ring (bicyclic) bond motifs is 1. The maximum absolute atomic E-state index is 12.9. The molecule has 150 valence electrons. The number of rotatable bonds is 3. The monoisotopic (exact) mass is 383 g/mol. The second-order valence-electron chi connectivity index (χ2n) is 8.38. The van der Waals surface area contributed by atoms with Crippen LogP contribution in [0.5, 0.6) is 0 Å². The van der Waals surface area contributed by atoms with Gasteiger partial charge < -0.3 is 14.7 Å². The van der Waals surface area contributed by atoms with E-state index in [1.807, 2.05) is 34.9 Å². The van der Waals surface area contributed by atoms with Gasteiger partial charge in [-0.1, -0.05) is 13.8 Å². The van der Waals surface area contributed by atoms with Crippen LogP contribution in [0, 0.1) is 11.8 Å². The molecule has 0 saturated carbocycles. The fourth-order valence-electron chi connectivity index (χ4n) is 4.62. The molecule has 3 heterocycles. The van der Waals surface area contributed by atoms with E-state index in [2.05, 4.69) is 6.92 Å². The van der Waals surface area contributed by atoms with Crippen LogP contribution in [0.1, 0.15) is 45.1 Å². The lowest BCUT2D eigenvalue weighted by atomic mass is 9.97. The first-order valence-electron chi connectivity index (χ1n) is 10.5. The summed E-state index contributed by atoms with van der Waals surface area (Å²) in [5, 5.41) is 0. The number of carbonyl (C=O) groups is 3. The van der Waals surface area contributed by atoms with Crippen molar-refractivity contribution in [2.24, 2.45) is 11.8 Å². The second kappa shape index (κ2) is 7.57. The third kappa shape index (κ3) is 3.40. The lowest BCUT2D eigenvalue weighted by molar-refractivity contribution is -0.137. The Morgan fingerprint density at radius 3 is 2.61 bits per heavy atom. The van der Waals surface area contributed by atoms with Crippen molar-refractivity contribution < 1.29 is 14.4 Å². The Balaban J connectivity index is 1.46. The summed E-state index contributed by atoms with van der Waals surface area (Å²) in [6, 6.07) is 5.87. The van der Waals surface area contributed by atoms with E-state index in [4.69, 9.17) is 0 Å². The van der Waals surface area contributed by atoms with Crippen molar-refractivity contribution >= 4 is 29.1 Å². The molecule has 3 aliphatic heterocycles. The Hall–Kier alpha value is -2.37. The summed E-state index contributed by atoms with van der Waals surface area (Å²) in [6.07, 6.45) is 3.69. The highest BCUT2D eigenvalue weighted by molar-refractivity contribution is 6.01. The highest BCUT2D eigenvalue weighted by Crippen LogP contribution is 2.34. The molecule has 3 amide bonds. The molecular formula is C22H29N3O3. The van der Waals surface area contributed by atoms with Crippen LogP contribution in [0.2, 0.25) is 0 Å². The molecule has 4 rings (SSSR count). The van der Waals surface area contributed by atoms with Gasteiger partial charge in [-0.05, 0) is 48.9 Å². The molecule has 0 unspecified atom stereocenters. The average molecular weight is 383 g/mol. The molecule has 0 bridgehead atoms. The number of nitrogens with zero attached hydrogens (tertiary/aromatic N) is 3. The number of benzene rings is 1. The van der Waals surface area contributed by atoms with E-state index in [0.717, 1.165) is 49.3 Å². The minimum Gasteiger partial charge on any atom is -0.342 e. The smallest absolute Gasteiger partial charge is 0.228 e. The van der Waals surface area contributed by atoms with E-state index >= 15 is 0 Å². The van der Waals surface area contributed by atoms with Gasteiger partial charge in [0.2, 0.25) is 17.7 Å². The number of piperidine rings is 1. The minimum atomic E-state index is -0.243. The fraction of sp³-hybridized carbons (Fsp3) is 0.591. The van der Waals surface area contributed by atoms with Gasteiger partial charge in [0.15, 0.2) is 0 Å². The van der Waals surface area contributed by atoms with E-state index < -0.39 is 0 Å². The topological polar surface area (TPSA) is 60.9 Å². The summed E-state index contributed by atoms with van der Waals surface area (Å²) in [5.74, 6) is 0.709. The zero-order valence-corrected chi connectivity index (χ0v) is 16.8. The number of hydrogen-bond acceptors (Lipinski definition) is 3. The van der Waals surface area contributed by atoms with Crippen molar-refractivity contribution in [1.29, 1.82) is 0 Å². The molecule has 0 spiro atoms. The molecule has 0 radical (unpaired) electrons. The van der Waals surface area contributed by atoms with Crippen LogP contribution in [-0.2, 0) is 20.8 Å². The highest BCUT2D eigenvalue weighted by Gasteiger charge is 2.38. The third-order valence-electron chi connectivity index (χ3n) is 6.44. The molecule has 1 atom stereocenters. The molecule has 28 heavy (non-hydrogen) atoms. The van der Waals surface area contributed by atoms with Crippen LogP contribution in [0.4, 0.5) is 11.4 Å². The summed E-state index contributed by atoms with van der Waals surface area (Å²) in [4.78, 5) is 43.1. The minimum absolute atomic E-state index is 0.0168. The van der Waals surface area contributed by atoms with Gasteiger partial charge in [-0.25, -0.2) is 0 Å². The van der Waals surface area contributed by atoms with Gasteiger partial charge >= 0.3 is 0 Å². The van der Waals surface area contributed by atoms with Crippen molar-refractivity contribution in [2.75, 3.05) is 36.0 Å². The molecule has 2 saturated heterocycles. The van der Waals surface area contributed by atoms with Crippen LogP contribution >= 0.6 is 0 Å². The van der Waals surface area contributed by atoms with Crippen LogP contribution < -0.4 is 9.80 Å². The molecule has 1 aromatic carbocycles. The van der Waals surface area contributed by atoms with Crippen molar-refractivity contribution in [3.63, 3.8) is 0 Å². The number of likely N-dealkylation sites (tertiary alicyclic amines) is 1. The number of carbonyl (C=O) groups excluding carboxylic acids is 3. The Bertz CT molecular complexity index is 798. The van der Waals surface area contributed by atoms with Gasteiger partial charge in [0.25, 0.3) is 0 Å². The van der Waals surface area contributed by atoms with Gasteiger partial charge in [0.1, 0.15) is 0 Å². The van der Waals surface area contributed by atoms with Crippen molar-refractivity contribution in [3.8, 4) is 0 Å². The highest BCUT2D eigenvalue weighted by atomic mass is 16.2. The number of hydrogen-bond donors (Lipinski definition) is 0. The maximum Gasteiger partial charge on any atom is 0.228 e. The molecule has 0 aromatic heterocycles. The van der Waals surface area contributed by atoms with Gasteiger partial charge in [-0.2, -0.15) is 0 Å². The van der Waals surface area contributed by atoms with E-state index in [-0.39, 0.29) is 23.6 Å². The lowest BCUT2D eigenvalue weighted by Gasteiger charge is -2.32. The average Bonchev–Trinajstić information content (AvgIpc) is 3.30. The lowest BCUT2D eigenvalue weighted by Crippen LogP contribution is -2.42. The molecular weight excluding hydrogens is 354 g/mol. The predicted molar refractivity (Wildman–Crippen MR) is 108 cm³/mol. The first-order valence-corrected chi connectivity index (χ1v) is 10.5. The quantitative estimate of drug-likeness (QED) is 0.806. The summed E-state index contributed by atoms with van der Waals surface area (Å²) >= 11 is 0. The van der Waals surface area contributed by atoms with Gasteiger partial charge in [0.05, 0.1) is 5.92 Å². The Labute approximate surface area is 166 Å². The van der Waals surface area contributed by atoms with E-state index in [9.17, 15) is 14.4 Å². The Morgan fingerprint density at radius 1 is 1.14 bits per heavy atom. The summed E-state index contributed by atoms with van der Waals surface area (Å²) in [6.45, 7) is 6.88. The van der Waals surface area contributed by atoms with Crippen LogP contribution in [0.25, 0.3) is 0 Å². The second-order valence-corrected chi connectivity index (χ2v) is 8.38. The zero-order valence-electron chi connectivity index (χ0n) is 16.8. The summed E-state index contributed by atoms with van der Waals surface area (Å²) in [5.41, 5.74) is 2.90. The van der Waals surface area contributed by atoms with Crippen molar-refractivity contribution in [3.05, 3.63) is 23.8 Å². The molecule has 6 heteroatoms.